The molecular weight excluding hydrogens is 542 g/mol. The SMILES string of the molecule is CCOc1ccc(-n2c(=S)[nH]c(=O)cc(-c3cc(-c4ccccc4)n(-c4ccccc4)c3-c3ccccc3)c2=O)cc1. The fourth-order valence-electron chi connectivity index (χ4n) is 5.15. The van der Waals surface area contributed by atoms with Crippen LogP contribution in [0.25, 0.3) is 45.0 Å². The summed E-state index contributed by atoms with van der Waals surface area (Å²) in [6, 6.07) is 40.2. The molecule has 206 valence electrons. The molecule has 0 fully saturated rings. The first-order valence-electron chi connectivity index (χ1n) is 13.6. The summed E-state index contributed by atoms with van der Waals surface area (Å²) in [4.78, 5) is 30.3. The highest BCUT2D eigenvalue weighted by atomic mass is 32.1. The number of ether oxygens (including phenoxy) is 1. The maximum Gasteiger partial charge on any atom is 0.265 e. The first-order chi connectivity index (χ1) is 20.5. The first kappa shape index (κ1) is 26.9. The van der Waals surface area contributed by atoms with Crippen molar-refractivity contribution in [2.45, 2.75) is 6.92 Å². The van der Waals surface area contributed by atoms with E-state index in [0.717, 1.165) is 28.2 Å². The van der Waals surface area contributed by atoms with Crippen LogP contribution in [0.1, 0.15) is 6.92 Å². The molecule has 0 saturated carbocycles. The van der Waals surface area contributed by atoms with Gasteiger partial charge in [-0.1, -0.05) is 78.9 Å². The second kappa shape index (κ2) is 11.7. The Kier molecular flexibility index (Phi) is 7.49. The van der Waals surface area contributed by atoms with Gasteiger partial charge >= 0.3 is 0 Å². The predicted molar refractivity (Wildman–Crippen MR) is 170 cm³/mol. The van der Waals surface area contributed by atoms with Crippen molar-refractivity contribution in [1.29, 1.82) is 0 Å². The molecule has 0 bridgehead atoms. The summed E-state index contributed by atoms with van der Waals surface area (Å²) >= 11 is 5.55. The van der Waals surface area contributed by atoms with E-state index in [9.17, 15) is 9.59 Å². The van der Waals surface area contributed by atoms with Crippen molar-refractivity contribution >= 4 is 12.2 Å². The number of H-pyrrole nitrogens is 1. The number of nitrogens with one attached hydrogen (secondary N) is 1. The summed E-state index contributed by atoms with van der Waals surface area (Å²) in [5.74, 6) is 0.674. The lowest BCUT2D eigenvalue weighted by Crippen LogP contribution is -2.18. The molecule has 0 aliphatic carbocycles. The highest BCUT2D eigenvalue weighted by Gasteiger charge is 2.23. The summed E-state index contributed by atoms with van der Waals surface area (Å²) in [7, 11) is 0. The van der Waals surface area contributed by atoms with E-state index in [1.807, 2.05) is 104 Å². The van der Waals surface area contributed by atoms with Crippen molar-refractivity contribution in [2.24, 2.45) is 0 Å². The van der Waals surface area contributed by atoms with E-state index in [0.29, 0.717) is 23.6 Å². The zero-order valence-corrected chi connectivity index (χ0v) is 23.7. The zero-order valence-electron chi connectivity index (χ0n) is 22.9. The van der Waals surface area contributed by atoms with Crippen LogP contribution in [0, 0.1) is 4.77 Å². The van der Waals surface area contributed by atoms with Crippen LogP contribution in [0.4, 0.5) is 0 Å². The monoisotopic (exact) mass is 569 g/mol. The average Bonchev–Trinajstić information content (AvgIpc) is 3.38. The van der Waals surface area contributed by atoms with Gasteiger partial charge in [0.25, 0.3) is 11.1 Å². The van der Waals surface area contributed by atoms with Crippen molar-refractivity contribution in [2.75, 3.05) is 6.61 Å². The van der Waals surface area contributed by atoms with Gasteiger partial charge < -0.3 is 9.30 Å². The van der Waals surface area contributed by atoms with Crippen molar-refractivity contribution in [1.82, 2.24) is 14.1 Å². The van der Waals surface area contributed by atoms with E-state index in [4.69, 9.17) is 17.0 Å². The molecule has 0 spiro atoms. The van der Waals surface area contributed by atoms with Gasteiger partial charge in [0.15, 0.2) is 4.77 Å². The Labute approximate surface area is 247 Å². The van der Waals surface area contributed by atoms with E-state index >= 15 is 0 Å². The number of para-hydroxylation sites is 1. The van der Waals surface area contributed by atoms with Gasteiger partial charge in [-0.25, -0.2) is 0 Å². The highest BCUT2D eigenvalue weighted by Crippen LogP contribution is 2.40. The van der Waals surface area contributed by atoms with Gasteiger partial charge in [0.1, 0.15) is 5.75 Å². The van der Waals surface area contributed by atoms with E-state index < -0.39 is 11.1 Å². The predicted octanol–water partition coefficient (Wildman–Crippen LogP) is 7.45. The largest absolute Gasteiger partial charge is 0.494 e. The lowest BCUT2D eigenvalue weighted by Gasteiger charge is -2.15. The Morgan fingerprint density at radius 3 is 1.86 bits per heavy atom. The molecule has 6 nitrogen and oxygen atoms in total. The summed E-state index contributed by atoms with van der Waals surface area (Å²) < 4.78 is 9.08. The number of hydrogen-bond acceptors (Lipinski definition) is 4. The molecule has 0 atom stereocenters. The minimum absolute atomic E-state index is 0.00689. The summed E-state index contributed by atoms with van der Waals surface area (Å²) in [5.41, 5.74) is 4.93. The van der Waals surface area contributed by atoms with Gasteiger partial charge in [-0.2, -0.15) is 0 Å². The molecule has 2 heterocycles. The van der Waals surface area contributed by atoms with Gasteiger partial charge in [0.05, 0.1) is 29.2 Å². The molecule has 0 radical (unpaired) electrons. The van der Waals surface area contributed by atoms with Crippen LogP contribution >= 0.6 is 12.2 Å². The first-order valence-corrected chi connectivity index (χ1v) is 14.0. The topological polar surface area (TPSA) is 69.0 Å². The highest BCUT2D eigenvalue weighted by molar-refractivity contribution is 7.71. The number of aromatic amines is 1. The molecule has 2 aromatic heterocycles. The van der Waals surface area contributed by atoms with Gasteiger partial charge in [-0.05, 0) is 72.7 Å². The van der Waals surface area contributed by atoms with Crippen LogP contribution in [0.5, 0.6) is 5.75 Å². The second-order valence-electron chi connectivity index (χ2n) is 9.61. The summed E-state index contributed by atoms with van der Waals surface area (Å²) in [6.45, 7) is 2.43. The summed E-state index contributed by atoms with van der Waals surface area (Å²) in [6.07, 6.45) is 0. The van der Waals surface area contributed by atoms with Gasteiger partial charge in [0.2, 0.25) is 0 Å². The standard InChI is InChI=1S/C35H27N3O3S/c1-2-41-28-20-18-27(19-21-28)38-34(40)30(23-32(39)36-35(38)42)29-22-31(24-12-6-3-7-13-24)37(26-16-10-5-11-17-26)33(29)25-14-8-4-9-15-25/h3-23H,2H2,1H3,(H,36,39,42). The van der Waals surface area contributed by atoms with Gasteiger partial charge in [-0.3, -0.25) is 19.1 Å². The minimum atomic E-state index is -0.468. The van der Waals surface area contributed by atoms with Crippen LogP contribution in [0.3, 0.4) is 0 Å². The average molecular weight is 570 g/mol. The molecule has 6 rings (SSSR count). The third-order valence-corrected chi connectivity index (χ3v) is 7.25. The molecule has 4 aromatic carbocycles. The molecule has 6 aromatic rings. The van der Waals surface area contributed by atoms with Crippen molar-refractivity contribution in [3.63, 3.8) is 0 Å². The quantitative estimate of drug-likeness (QED) is 0.203. The van der Waals surface area contributed by atoms with Crippen LogP contribution < -0.4 is 15.9 Å². The molecule has 7 heteroatoms. The molecule has 0 aliphatic heterocycles. The molecule has 0 saturated heterocycles. The lowest BCUT2D eigenvalue weighted by molar-refractivity contribution is 0.340. The molecule has 0 unspecified atom stereocenters. The van der Waals surface area contributed by atoms with E-state index in [2.05, 4.69) is 9.55 Å². The number of hydrogen-bond donors (Lipinski definition) is 1. The van der Waals surface area contributed by atoms with Crippen molar-refractivity contribution in [3.05, 3.63) is 153 Å². The lowest BCUT2D eigenvalue weighted by atomic mass is 10.0. The molecule has 0 aliphatic rings. The Balaban J connectivity index is 1.72. The zero-order chi connectivity index (χ0) is 29.1. The normalized spacial score (nSPS) is 10.9. The number of aromatic nitrogens is 3. The minimum Gasteiger partial charge on any atom is -0.494 e. The Morgan fingerprint density at radius 1 is 0.667 bits per heavy atom. The second-order valence-corrected chi connectivity index (χ2v) is 10.0. The van der Waals surface area contributed by atoms with Gasteiger partial charge in [0, 0.05) is 17.3 Å². The smallest absolute Gasteiger partial charge is 0.265 e. The number of rotatable bonds is 7. The van der Waals surface area contributed by atoms with E-state index in [1.165, 1.54) is 10.6 Å². The fraction of sp³-hybridized carbons (Fsp3) is 0.0571. The Hall–Kier alpha value is -5.27. The molecular formula is C35H27N3O3S. The Morgan fingerprint density at radius 2 is 1.24 bits per heavy atom. The number of benzene rings is 4. The van der Waals surface area contributed by atoms with Crippen LogP contribution in [0.15, 0.2) is 137 Å². The maximum absolute atomic E-state index is 14.4. The van der Waals surface area contributed by atoms with Crippen molar-refractivity contribution in [3.8, 4) is 50.8 Å². The molecule has 1 N–H and O–H groups in total. The van der Waals surface area contributed by atoms with Crippen LogP contribution in [0.2, 0.25) is 0 Å². The summed E-state index contributed by atoms with van der Waals surface area (Å²) in [5, 5.41) is 0. The Bertz CT molecular complexity index is 2030. The molecule has 0 amide bonds. The number of nitrogens with zero attached hydrogens (tertiary/aromatic N) is 2. The fourth-order valence-corrected chi connectivity index (χ4v) is 5.44. The van der Waals surface area contributed by atoms with E-state index in [1.54, 1.807) is 24.3 Å². The maximum atomic E-state index is 14.4. The van der Waals surface area contributed by atoms with Gasteiger partial charge in [-0.15, -0.1) is 0 Å². The van der Waals surface area contributed by atoms with Crippen molar-refractivity contribution < 1.29 is 4.74 Å². The third kappa shape index (κ3) is 5.13. The third-order valence-electron chi connectivity index (χ3n) is 6.97. The molecule has 42 heavy (non-hydrogen) atoms. The van der Waals surface area contributed by atoms with Crippen LogP contribution in [-0.2, 0) is 0 Å². The van der Waals surface area contributed by atoms with Crippen LogP contribution in [-0.4, -0.2) is 20.7 Å². The van der Waals surface area contributed by atoms with E-state index in [-0.39, 0.29) is 10.3 Å².